The molecule has 0 spiro atoms. The summed E-state index contributed by atoms with van der Waals surface area (Å²) in [6.07, 6.45) is 3.73. The molecule has 1 aromatic carbocycles. The smallest absolute Gasteiger partial charge is 0.250 e. The molecule has 2 fully saturated rings. The Morgan fingerprint density at radius 3 is 2.73 bits per heavy atom. The van der Waals surface area contributed by atoms with Crippen LogP contribution in [0.15, 0.2) is 24.3 Å². The van der Waals surface area contributed by atoms with Gasteiger partial charge in [-0.2, -0.15) is 0 Å². The van der Waals surface area contributed by atoms with Crippen LogP contribution in [0.1, 0.15) is 49.8 Å². The molecule has 0 saturated carbocycles. The van der Waals surface area contributed by atoms with Crippen molar-refractivity contribution in [2.24, 2.45) is 0 Å². The number of amides is 3. The number of likely N-dealkylation sites (N-methyl/N-ethyl adjacent to an activating group) is 1. The molecule has 2 heterocycles. The van der Waals surface area contributed by atoms with Gasteiger partial charge < -0.3 is 25.6 Å². The molecule has 3 aliphatic rings. The fraction of sp³-hybridized carbons (Fsp3) is 0.591. The topological polar surface area (TPSA) is 99.8 Å². The molecule has 0 aromatic heterocycles. The minimum absolute atomic E-state index is 0.0331. The highest BCUT2D eigenvalue weighted by atomic mass is 16.5. The second-order valence-corrected chi connectivity index (χ2v) is 8.35. The molecular formula is C22H30N4O4. The molecule has 162 valence electrons. The van der Waals surface area contributed by atoms with Gasteiger partial charge >= 0.3 is 0 Å². The predicted octanol–water partition coefficient (Wildman–Crippen LogP) is 0.620. The van der Waals surface area contributed by atoms with Crippen molar-refractivity contribution in [1.82, 2.24) is 20.9 Å². The Morgan fingerprint density at radius 1 is 1.13 bits per heavy atom. The van der Waals surface area contributed by atoms with Crippen molar-refractivity contribution in [1.29, 1.82) is 0 Å². The van der Waals surface area contributed by atoms with Crippen LogP contribution in [0.2, 0.25) is 0 Å². The average Bonchev–Trinajstić information content (AvgIpc) is 3.20. The number of nitrogens with zero attached hydrogens (tertiary/aromatic N) is 1. The van der Waals surface area contributed by atoms with Crippen LogP contribution >= 0.6 is 0 Å². The van der Waals surface area contributed by atoms with Crippen molar-refractivity contribution in [2.45, 2.75) is 69.4 Å². The van der Waals surface area contributed by atoms with Crippen molar-refractivity contribution in [3.63, 3.8) is 0 Å². The molecule has 8 heteroatoms. The van der Waals surface area contributed by atoms with Crippen molar-refractivity contribution < 1.29 is 19.1 Å². The first-order valence-corrected chi connectivity index (χ1v) is 10.8. The van der Waals surface area contributed by atoms with E-state index in [-0.39, 0.29) is 30.4 Å². The van der Waals surface area contributed by atoms with E-state index in [0.717, 1.165) is 19.3 Å². The zero-order chi connectivity index (χ0) is 21.3. The molecule has 2 unspecified atom stereocenters. The Bertz CT molecular complexity index is 829. The summed E-state index contributed by atoms with van der Waals surface area (Å²) >= 11 is 0. The number of benzene rings is 1. The number of hydrogen-bond donors (Lipinski definition) is 3. The molecule has 1 aliphatic carbocycles. The van der Waals surface area contributed by atoms with Crippen LogP contribution < -0.4 is 16.0 Å². The molecule has 2 aliphatic heterocycles. The third-order valence-corrected chi connectivity index (χ3v) is 6.47. The first-order valence-electron chi connectivity index (χ1n) is 10.8. The lowest BCUT2D eigenvalue weighted by Gasteiger charge is -2.38. The summed E-state index contributed by atoms with van der Waals surface area (Å²) in [5.74, 6) is -0.659. The van der Waals surface area contributed by atoms with Gasteiger partial charge in [-0.05, 0) is 57.2 Å². The molecule has 5 atom stereocenters. The number of carbonyl (C=O) groups is 3. The van der Waals surface area contributed by atoms with E-state index in [2.05, 4.69) is 28.1 Å². The summed E-state index contributed by atoms with van der Waals surface area (Å²) in [6.45, 7) is 1.85. The number of ether oxygens (including phenoxy) is 1. The lowest BCUT2D eigenvalue weighted by Crippen LogP contribution is -2.62. The van der Waals surface area contributed by atoms with E-state index in [9.17, 15) is 14.4 Å². The van der Waals surface area contributed by atoms with Crippen LogP contribution in [-0.2, 0) is 25.5 Å². The zero-order valence-electron chi connectivity index (χ0n) is 17.5. The molecule has 30 heavy (non-hydrogen) atoms. The van der Waals surface area contributed by atoms with Crippen LogP contribution in [-0.4, -0.2) is 60.6 Å². The third kappa shape index (κ3) is 3.94. The Hall–Kier alpha value is -2.45. The van der Waals surface area contributed by atoms with Crippen LogP contribution in [0.3, 0.4) is 0 Å². The van der Waals surface area contributed by atoms with E-state index in [1.165, 1.54) is 16.0 Å². The highest BCUT2D eigenvalue weighted by Crippen LogP contribution is 2.32. The maximum Gasteiger partial charge on any atom is 0.250 e. The second kappa shape index (κ2) is 8.73. The van der Waals surface area contributed by atoms with E-state index < -0.39 is 24.4 Å². The lowest BCUT2D eigenvalue weighted by molar-refractivity contribution is -0.167. The highest BCUT2D eigenvalue weighted by molar-refractivity contribution is 5.94. The number of hydrogen-bond acceptors (Lipinski definition) is 5. The lowest BCUT2D eigenvalue weighted by atomic mass is 9.87. The van der Waals surface area contributed by atoms with E-state index in [4.69, 9.17) is 4.74 Å². The van der Waals surface area contributed by atoms with Crippen molar-refractivity contribution >= 4 is 17.7 Å². The van der Waals surface area contributed by atoms with Gasteiger partial charge in [0, 0.05) is 0 Å². The standard InChI is InChI=1S/C22H30N4O4/c1-13(23-2)20(27)25-17-12-30-19-11-10-18(26(19)22(17)29)21(28)24-16-9-5-7-14-6-3-4-8-15(14)16/h3-4,6,8,13,16-19,23H,5,7,9-12H2,1-2H3,(H,24,28)(H,25,27)/t13-,16+,17?,18?,19-/m0/s1. The molecule has 8 nitrogen and oxygen atoms in total. The number of fused-ring (bicyclic) bond motifs is 2. The van der Waals surface area contributed by atoms with Crippen molar-refractivity contribution in [3.8, 4) is 0 Å². The summed E-state index contributed by atoms with van der Waals surface area (Å²) < 4.78 is 5.82. The molecule has 0 radical (unpaired) electrons. The van der Waals surface area contributed by atoms with Crippen LogP contribution in [0, 0.1) is 0 Å². The molecule has 3 N–H and O–H groups in total. The zero-order valence-corrected chi connectivity index (χ0v) is 17.5. The van der Waals surface area contributed by atoms with Gasteiger partial charge in [-0.25, -0.2) is 0 Å². The number of aryl methyl sites for hydroxylation is 1. The summed E-state index contributed by atoms with van der Waals surface area (Å²) in [6, 6.07) is 6.41. The van der Waals surface area contributed by atoms with Gasteiger partial charge in [-0.1, -0.05) is 24.3 Å². The van der Waals surface area contributed by atoms with E-state index in [1.54, 1.807) is 14.0 Å². The van der Waals surface area contributed by atoms with Gasteiger partial charge in [0.1, 0.15) is 18.3 Å². The summed E-state index contributed by atoms with van der Waals surface area (Å²) in [5, 5.41) is 8.76. The first-order chi connectivity index (χ1) is 14.5. The van der Waals surface area contributed by atoms with Crippen LogP contribution in [0.5, 0.6) is 0 Å². The van der Waals surface area contributed by atoms with E-state index in [1.807, 2.05) is 12.1 Å². The fourth-order valence-corrected chi connectivity index (χ4v) is 4.66. The molecule has 2 saturated heterocycles. The second-order valence-electron chi connectivity index (χ2n) is 8.35. The van der Waals surface area contributed by atoms with Gasteiger partial charge in [0.05, 0.1) is 18.7 Å². The summed E-state index contributed by atoms with van der Waals surface area (Å²) in [4.78, 5) is 40.0. The first kappa shape index (κ1) is 20.8. The molecular weight excluding hydrogens is 384 g/mol. The third-order valence-electron chi connectivity index (χ3n) is 6.47. The Kier molecular flexibility index (Phi) is 6.06. The number of carbonyl (C=O) groups excluding carboxylic acids is 3. The molecule has 4 rings (SSSR count). The SMILES string of the molecule is CN[C@@H](C)C(=O)NC1CO[C@H]2CCC(C(=O)N[C@@H]3CCCc4ccccc43)N2C1=O. The van der Waals surface area contributed by atoms with E-state index in [0.29, 0.717) is 12.8 Å². The monoisotopic (exact) mass is 414 g/mol. The number of rotatable bonds is 5. The fourth-order valence-electron chi connectivity index (χ4n) is 4.66. The largest absolute Gasteiger partial charge is 0.356 e. The van der Waals surface area contributed by atoms with Gasteiger partial charge in [-0.15, -0.1) is 0 Å². The molecule has 1 aromatic rings. The van der Waals surface area contributed by atoms with Crippen LogP contribution in [0.4, 0.5) is 0 Å². The van der Waals surface area contributed by atoms with Crippen molar-refractivity contribution in [2.75, 3.05) is 13.7 Å². The Labute approximate surface area is 176 Å². The maximum atomic E-state index is 13.1. The molecule has 3 amide bonds. The van der Waals surface area contributed by atoms with Crippen molar-refractivity contribution in [3.05, 3.63) is 35.4 Å². The van der Waals surface area contributed by atoms with E-state index >= 15 is 0 Å². The quantitative estimate of drug-likeness (QED) is 0.656. The normalized spacial score (nSPS) is 29.0. The van der Waals surface area contributed by atoms with Gasteiger partial charge in [-0.3, -0.25) is 14.4 Å². The number of nitrogens with one attached hydrogen (secondary N) is 3. The summed E-state index contributed by atoms with van der Waals surface area (Å²) in [7, 11) is 1.68. The predicted molar refractivity (Wildman–Crippen MR) is 110 cm³/mol. The highest BCUT2D eigenvalue weighted by Gasteiger charge is 2.47. The maximum absolute atomic E-state index is 13.1. The summed E-state index contributed by atoms with van der Waals surface area (Å²) in [5.41, 5.74) is 2.44. The average molecular weight is 415 g/mol. The van der Waals surface area contributed by atoms with Crippen LogP contribution in [0.25, 0.3) is 0 Å². The van der Waals surface area contributed by atoms with Gasteiger partial charge in [0.25, 0.3) is 0 Å². The Morgan fingerprint density at radius 2 is 1.93 bits per heavy atom. The Balaban J connectivity index is 1.44. The minimum Gasteiger partial charge on any atom is -0.356 e. The van der Waals surface area contributed by atoms with Gasteiger partial charge in [0.15, 0.2) is 0 Å². The minimum atomic E-state index is -0.770. The van der Waals surface area contributed by atoms with Gasteiger partial charge in [0.2, 0.25) is 17.7 Å². The molecule has 0 bridgehead atoms.